The first-order valence-electron chi connectivity index (χ1n) is 7.96. The Bertz CT molecular complexity index is 865. The molecule has 140 valence electrons. The number of nitrogens with zero attached hydrogens (tertiary/aromatic N) is 1. The summed E-state index contributed by atoms with van der Waals surface area (Å²) >= 11 is 0. The number of halogens is 1. The summed E-state index contributed by atoms with van der Waals surface area (Å²) in [4.78, 5) is 12.1. The minimum absolute atomic E-state index is 0.272. The Balaban J connectivity index is 2.23. The maximum atomic E-state index is 13.6. The van der Waals surface area contributed by atoms with Crippen molar-refractivity contribution in [1.82, 2.24) is 5.32 Å². The van der Waals surface area contributed by atoms with Crippen LogP contribution >= 0.6 is 0 Å². The van der Waals surface area contributed by atoms with Crippen LogP contribution in [0.25, 0.3) is 6.08 Å². The Morgan fingerprint density at radius 2 is 1.78 bits per heavy atom. The van der Waals surface area contributed by atoms with Gasteiger partial charge < -0.3 is 19.5 Å². The first kappa shape index (κ1) is 19.8. The molecule has 0 fully saturated rings. The highest BCUT2D eigenvalue weighted by Gasteiger charge is 2.19. The Kier molecular flexibility index (Phi) is 6.78. The van der Waals surface area contributed by atoms with Gasteiger partial charge in [-0.2, -0.15) is 5.26 Å². The van der Waals surface area contributed by atoms with Crippen molar-refractivity contribution in [2.24, 2.45) is 0 Å². The van der Waals surface area contributed by atoms with E-state index >= 15 is 0 Å². The molecule has 2 aromatic carbocycles. The van der Waals surface area contributed by atoms with Crippen LogP contribution in [-0.4, -0.2) is 27.2 Å². The number of carbonyl (C=O) groups excluding carboxylic acids is 1. The number of rotatable bonds is 7. The number of amides is 1. The van der Waals surface area contributed by atoms with E-state index in [1.165, 1.54) is 39.5 Å². The molecule has 1 unspecified atom stereocenters. The highest BCUT2D eigenvalue weighted by atomic mass is 19.1. The van der Waals surface area contributed by atoms with E-state index in [2.05, 4.69) is 5.32 Å². The predicted octanol–water partition coefficient (Wildman–Crippen LogP) is 3.25. The highest BCUT2D eigenvalue weighted by Crippen LogP contribution is 2.39. The summed E-state index contributed by atoms with van der Waals surface area (Å²) in [6, 6.07) is 10.3. The molecule has 0 saturated heterocycles. The van der Waals surface area contributed by atoms with Gasteiger partial charge in [-0.1, -0.05) is 18.2 Å². The third-order valence-electron chi connectivity index (χ3n) is 3.76. The number of hydrogen-bond acceptors (Lipinski definition) is 5. The van der Waals surface area contributed by atoms with Crippen molar-refractivity contribution >= 4 is 12.0 Å². The molecule has 7 heteroatoms. The number of ether oxygens (including phenoxy) is 3. The molecule has 0 radical (unpaired) electrons. The first-order chi connectivity index (χ1) is 13.0. The van der Waals surface area contributed by atoms with Gasteiger partial charge in [0.25, 0.3) is 0 Å². The molecule has 2 aromatic rings. The quantitative estimate of drug-likeness (QED) is 0.757. The van der Waals surface area contributed by atoms with Crippen LogP contribution in [-0.2, 0) is 4.79 Å². The lowest BCUT2D eigenvalue weighted by Crippen LogP contribution is -2.25. The van der Waals surface area contributed by atoms with Crippen molar-refractivity contribution < 1.29 is 23.4 Å². The predicted molar refractivity (Wildman–Crippen MR) is 98.0 cm³/mol. The molecule has 0 spiro atoms. The monoisotopic (exact) mass is 370 g/mol. The number of hydrogen-bond donors (Lipinski definition) is 1. The molecule has 1 N–H and O–H groups in total. The van der Waals surface area contributed by atoms with E-state index in [-0.39, 0.29) is 5.56 Å². The van der Waals surface area contributed by atoms with E-state index < -0.39 is 17.8 Å². The fraction of sp³-hybridized carbons (Fsp3) is 0.200. The lowest BCUT2D eigenvalue weighted by atomic mass is 10.1. The number of benzene rings is 2. The van der Waals surface area contributed by atoms with Crippen molar-refractivity contribution in [3.8, 4) is 23.3 Å². The Labute approximate surface area is 156 Å². The molecule has 0 saturated carbocycles. The largest absolute Gasteiger partial charge is 0.493 e. The summed E-state index contributed by atoms with van der Waals surface area (Å²) < 4.78 is 29.3. The van der Waals surface area contributed by atoms with Crippen molar-refractivity contribution in [3.05, 3.63) is 59.4 Å². The summed E-state index contributed by atoms with van der Waals surface area (Å²) in [5, 5.41) is 12.0. The minimum Gasteiger partial charge on any atom is -0.493 e. The van der Waals surface area contributed by atoms with Crippen molar-refractivity contribution in [1.29, 1.82) is 5.26 Å². The standard InChI is InChI=1S/C20H19FN2O4/c1-25-17-10-14(11-18(26-2)20(17)27-3)16(12-22)23-19(24)9-8-13-6-4-5-7-15(13)21/h4-11,16H,1-3H3,(H,23,24)/b9-8+. The van der Waals surface area contributed by atoms with Gasteiger partial charge in [0.05, 0.1) is 27.4 Å². The van der Waals surface area contributed by atoms with Gasteiger partial charge in [-0.05, 0) is 29.8 Å². The van der Waals surface area contributed by atoms with Crippen LogP contribution in [0, 0.1) is 17.1 Å². The lowest BCUT2D eigenvalue weighted by Gasteiger charge is -2.16. The van der Waals surface area contributed by atoms with E-state index in [0.29, 0.717) is 22.8 Å². The fourth-order valence-corrected chi connectivity index (χ4v) is 2.42. The molecule has 27 heavy (non-hydrogen) atoms. The third kappa shape index (κ3) is 4.76. The van der Waals surface area contributed by atoms with Gasteiger partial charge in [-0.25, -0.2) is 4.39 Å². The van der Waals surface area contributed by atoms with Crippen molar-refractivity contribution in [2.45, 2.75) is 6.04 Å². The Hall–Kier alpha value is -3.53. The average Bonchev–Trinajstić information content (AvgIpc) is 2.70. The minimum atomic E-state index is -0.962. The fourth-order valence-electron chi connectivity index (χ4n) is 2.42. The van der Waals surface area contributed by atoms with Crippen LogP contribution in [0.3, 0.4) is 0 Å². The highest BCUT2D eigenvalue weighted by molar-refractivity contribution is 5.92. The molecule has 2 rings (SSSR count). The molecule has 0 bridgehead atoms. The van der Waals surface area contributed by atoms with E-state index in [1.807, 2.05) is 6.07 Å². The van der Waals surface area contributed by atoms with Gasteiger partial charge in [0.15, 0.2) is 11.5 Å². The van der Waals surface area contributed by atoms with Crippen LogP contribution in [0.4, 0.5) is 4.39 Å². The van der Waals surface area contributed by atoms with Gasteiger partial charge in [-0.3, -0.25) is 4.79 Å². The van der Waals surface area contributed by atoms with Gasteiger partial charge in [0.1, 0.15) is 11.9 Å². The van der Waals surface area contributed by atoms with Crippen LogP contribution in [0.2, 0.25) is 0 Å². The summed E-state index contributed by atoms with van der Waals surface area (Å²) in [6.45, 7) is 0. The topological polar surface area (TPSA) is 80.6 Å². The third-order valence-corrected chi connectivity index (χ3v) is 3.76. The molecule has 0 aromatic heterocycles. The molecule has 0 aliphatic carbocycles. The van der Waals surface area contributed by atoms with E-state index in [1.54, 1.807) is 30.3 Å². The van der Waals surface area contributed by atoms with Crippen molar-refractivity contribution in [3.63, 3.8) is 0 Å². The lowest BCUT2D eigenvalue weighted by molar-refractivity contribution is -0.116. The second-order valence-electron chi connectivity index (χ2n) is 5.38. The number of nitriles is 1. The molecule has 0 aliphatic heterocycles. The van der Waals surface area contributed by atoms with Crippen LogP contribution < -0.4 is 19.5 Å². The maximum Gasteiger partial charge on any atom is 0.245 e. The van der Waals surface area contributed by atoms with Gasteiger partial charge in [0.2, 0.25) is 11.7 Å². The molecule has 0 aliphatic rings. The van der Waals surface area contributed by atoms with E-state index in [9.17, 15) is 14.4 Å². The zero-order valence-electron chi connectivity index (χ0n) is 15.2. The van der Waals surface area contributed by atoms with Crippen LogP contribution in [0.5, 0.6) is 17.2 Å². The van der Waals surface area contributed by atoms with Gasteiger partial charge in [-0.15, -0.1) is 0 Å². The molecule has 1 atom stereocenters. The van der Waals surface area contributed by atoms with E-state index in [4.69, 9.17) is 14.2 Å². The van der Waals surface area contributed by atoms with Crippen LogP contribution in [0.15, 0.2) is 42.5 Å². The number of methoxy groups -OCH3 is 3. The molecular formula is C20H19FN2O4. The SMILES string of the molecule is COc1cc(C(C#N)NC(=O)/C=C/c2ccccc2F)cc(OC)c1OC. The average molecular weight is 370 g/mol. The smallest absolute Gasteiger partial charge is 0.245 e. The second kappa shape index (κ2) is 9.25. The summed E-state index contributed by atoms with van der Waals surface area (Å²) in [5.41, 5.74) is 0.730. The van der Waals surface area contributed by atoms with Gasteiger partial charge in [0, 0.05) is 11.6 Å². The Morgan fingerprint density at radius 1 is 1.15 bits per heavy atom. The molecule has 6 nitrogen and oxygen atoms in total. The van der Waals surface area contributed by atoms with E-state index in [0.717, 1.165) is 0 Å². The van der Waals surface area contributed by atoms with Crippen molar-refractivity contribution in [2.75, 3.05) is 21.3 Å². The number of nitrogens with one attached hydrogen (secondary N) is 1. The second-order valence-corrected chi connectivity index (χ2v) is 5.38. The maximum absolute atomic E-state index is 13.6. The van der Waals surface area contributed by atoms with Gasteiger partial charge >= 0.3 is 0 Å². The molecule has 0 heterocycles. The molecular weight excluding hydrogens is 351 g/mol. The summed E-state index contributed by atoms with van der Waals surface area (Å²) in [5.74, 6) is 0.124. The normalized spacial score (nSPS) is 11.5. The Morgan fingerprint density at radius 3 is 2.30 bits per heavy atom. The first-order valence-corrected chi connectivity index (χ1v) is 7.96. The number of carbonyl (C=O) groups is 1. The zero-order chi connectivity index (χ0) is 19.8. The van der Waals surface area contributed by atoms with Crippen LogP contribution in [0.1, 0.15) is 17.2 Å². The zero-order valence-corrected chi connectivity index (χ0v) is 15.2. The summed E-state index contributed by atoms with van der Waals surface area (Å²) in [7, 11) is 4.38. The molecule has 1 amide bonds. The summed E-state index contributed by atoms with van der Waals surface area (Å²) in [6.07, 6.45) is 2.51.